The van der Waals surface area contributed by atoms with E-state index in [4.69, 9.17) is 0 Å². The van der Waals surface area contributed by atoms with Gasteiger partial charge in [0, 0.05) is 31.0 Å². The van der Waals surface area contributed by atoms with E-state index in [1.165, 1.54) is 0 Å². The molecule has 1 aromatic rings. The highest BCUT2D eigenvalue weighted by Gasteiger charge is 2.51. The predicted molar refractivity (Wildman–Crippen MR) is 92.8 cm³/mol. The first-order valence-corrected chi connectivity index (χ1v) is 9.53. The van der Waals surface area contributed by atoms with Crippen LogP contribution in [0.25, 0.3) is 0 Å². The summed E-state index contributed by atoms with van der Waals surface area (Å²) in [4.78, 5) is 26.0. The minimum absolute atomic E-state index is 0.00832. The Morgan fingerprint density at radius 2 is 1.74 bits per heavy atom. The highest BCUT2D eigenvalue weighted by molar-refractivity contribution is 5.83. The lowest BCUT2D eigenvalue weighted by molar-refractivity contribution is -0.143. The van der Waals surface area contributed by atoms with E-state index in [2.05, 4.69) is 5.32 Å². The molecule has 4 rings (SSSR count). The molecule has 1 aromatic carbocycles. The maximum atomic E-state index is 12.7. The zero-order valence-electron chi connectivity index (χ0n) is 15.0. The van der Waals surface area contributed by atoms with E-state index < -0.39 is 11.7 Å². The lowest BCUT2D eigenvalue weighted by Gasteiger charge is -2.46. The van der Waals surface area contributed by atoms with Crippen LogP contribution in [0.1, 0.15) is 55.6 Å². The molecule has 0 radical (unpaired) electrons. The molecule has 3 aliphatic rings. The first kappa shape index (κ1) is 18.3. The topological polar surface area (TPSA) is 49.4 Å². The summed E-state index contributed by atoms with van der Waals surface area (Å²) < 4.78 is 38.0. The average molecular weight is 380 g/mol. The molecule has 1 N–H and O–H groups in total. The van der Waals surface area contributed by atoms with Gasteiger partial charge in [-0.1, -0.05) is 12.1 Å². The molecule has 7 heteroatoms. The second kappa shape index (κ2) is 6.53. The number of hydrogen-bond donors (Lipinski definition) is 1. The fourth-order valence-electron chi connectivity index (χ4n) is 4.77. The van der Waals surface area contributed by atoms with Crippen molar-refractivity contribution in [2.24, 2.45) is 5.92 Å². The molecule has 2 amide bonds. The number of carbonyl (C=O) groups is 2. The number of alkyl halides is 3. The molecule has 0 atom stereocenters. The van der Waals surface area contributed by atoms with Gasteiger partial charge in [0.1, 0.15) is 0 Å². The molecule has 2 saturated heterocycles. The Bertz CT molecular complexity index is 731. The van der Waals surface area contributed by atoms with Crippen LogP contribution in [0.3, 0.4) is 0 Å². The maximum absolute atomic E-state index is 12.7. The van der Waals surface area contributed by atoms with E-state index in [1.54, 1.807) is 12.1 Å². The Hall–Kier alpha value is -2.05. The van der Waals surface area contributed by atoms with Crippen molar-refractivity contribution in [2.45, 2.75) is 56.2 Å². The number of likely N-dealkylation sites (tertiary alicyclic amines) is 1. The van der Waals surface area contributed by atoms with Gasteiger partial charge < -0.3 is 10.2 Å². The van der Waals surface area contributed by atoms with Crippen molar-refractivity contribution in [3.8, 4) is 0 Å². The monoisotopic (exact) mass is 380 g/mol. The van der Waals surface area contributed by atoms with Crippen molar-refractivity contribution in [1.82, 2.24) is 10.2 Å². The van der Waals surface area contributed by atoms with Crippen LogP contribution in [0.5, 0.6) is 0 Å². The number of nitrogens with zero attached hydrogens (tertiary/aromatic N) is 1. The zero-order valence-corrected chi connectivity index (χ0v) is 15.0. The van der Waals surface area contributed by atoms with Crippen LogP contribution in [0.15, 0.2) is 24.3 Å². The summed E-state index contributed by atoms with van der Waals surface area (Å²) in [5.74, 6) is 0.426. The fraction of sp³-hybridized carbons (Fsp3) is 0.600. The van der Waals surface area contributed by atoms with Gasteiger partial charge in [-0.3, -0.25) is 9.59 Å². The normalized spacial score (nSPS) is 28.9. The molecule has 0 aromatic heterocycles. The molecule has 4 nitrogen and oxygen atoms in total. The summed E-state index contributed by atoms with van der Waals surface area (Å²) in [5, 5.41) is 3.01. The molecule has 27 heavy (non-hydrogen) atoms. The SMILES string of the molecule is O=C1CCC2(CC(C(=O)N3CCC(c4ccc(C(F)(F)F)cc4)CC3)C2)N1. The summed E-state index contributed by atoms with van der Waals surface area (Å²) in [5.41, 5.74) is 0.138. The molecule has 1 aliphatic carbocycles. The first-order chi connectivity index (χ1) is 12.8. The zero-order chi connectivity index (χ0) is 19.2. The summed E-state index contributed by atoms with van der Waals surface area (Å²) in [7, 11) is 0. The Balaban J connectivity index is 1.29. The number of piperidine rings is 1. The predicted octanol–water partition coefficient (Wildman–Crippen LogP) is 3.47. The van der Waals surface area contributed by atoms with Crippen LogP contribution >= 0.6 is 0 Å². The third-order valence-electron chi connectivity index (χ3n) is 6.37. The number of nitrogens with one attached hydrogen (secondary N) is 1. The lowest BCUT2D eigenvalue weighted by atomic mass is 9.67. The van der Waals surface area contributed by atoms with E-state index in [1.807, 2.05) is 4.90 Å². The van der Waals surface area contributed by atoms with Crippen molar-refractivity contribution in [3.63, 3.8) is 0 Å². The summed E-state index contributed by atoms with van der Waals surface area (Å²) in [6, 6.07) is 5.39. The van der Waals surface area contributed by atoms with Crippen LogP contribution in [-0.2, 0) is 15.8 Å². The highest BCUT2D eigenvalue weighted by atomic mass is 19.4. The van der Waals surface area contributed by atoms with Crippen LogP contribution in [0.4, 0.5) is 13.2 Å². The number of halogens is 3. The molecule has 2 aliphatic heterocycles. The summed E-state index contributed by atoms with van der Waals surface area (Å²) in [6.45, 7) is 1.28. The Kier molecular flexibility index (Phi) is 4.43. The largest absolute Gasteiger partial charge is 0.416 e. The Labute approximate surface area is 156 Å². The molecule has 0 bridgehead atoms. The van der Waals surface area contributed by atoms with Crippen molar-refractivity contribution in [2.75, 3.05) is 13.1 Å². The molecule has 1 saturated carbocycles. The van der Waals surface area contributed by atoms with E-state index >= 15 is 0 Å². The fourth-order valence-corrected chi connectivity index (χ4v) is 4.77. The van der Waals surface area contributed by atoms with Gasteiger partial charge in [0.15, 0.2) is 0 Å². The van der Waals surface area contributed by atoms with Gasteiger partial charge in [-0.15, -0.1) is 0 Å². The number of carbonyl (C=O) groups excluding carboxylic acids is 2. The first-order valence-electron chi connectivity index (χ1n) is 9.53. The number of rotatable bonds is 2. The number of hydrogen-bond acceptors (Lipinski definition) is 2. The van der Waals surface area contributed by atoms with E-state index in [-0.39, 0.29) is 29.2 Å². The quantitative estimate of drug-likeness (QED) is 0.854. The minimum Gasteiger partial charge on any atom is -0.351 e. The molecule has 1 spiro atoms. The molecule has 0 unspecified atom stereocenters. The highest BCUT2D eigenvalue weighted by Crippen LogP contribution is 2.45. The van der Waals surface area contributed by atoms with E-state index in [9.17, 15) is 22.8 Å². The van der Waals surface area contributed by atoms with Gasteiger partial charge in [-0.25, -0.2) is 0 Å². The van der Waals surface area contributed by atoms with Crippen LogP contribution in [0, 0.1) is 5.92 Å². The van der Waals surface area contributed by atoms with E-state index in [0.717, 1.165) is 49.8 Å². The van der Waals surface area contributed by atoms with E-state index in [0.29, 0.717) is 19.5 Å². The van der Waals surface area contributed by atoms with Gasteiger partial charge in [-0.05, 0) is 55.7 Å². The van der Waals surface area contributed by atoms with Crippen LogP contribution in [0.2, 0.25) is 0 Å². The van der Waals surface area contributed by atoms with Crippen molar-refractivity contribution in [1.29, 1.82) is 0 Å². The van der Waals surface area contributed by atoms with Gasteiger partial charge in [0.25, 0.3) is 0 Å². The molecule has 2 heterocycles. The third kappa shape index (κ3) is 3.56. The standard InChI is InChI=1S/C20H23F3N2O2/c21-20(22,23)16-3-1-13(2-4-16)14-6-9-25(10-7-14)18(27)15-11-19(12-15)8-5-17(26)24-19/h1-4,14-15H,5-12H2,(H,24,26). The van der Waals surface area contributed by atoms with Gasteiger partial charge in [0.05, 0.1) is 5.56 Å². The Morgan fingerprint density at radius 3 is 2.26 bits per heavy atom. The van der Waals surface area contributed by atoms with Gasteiger partial charge >= 0.3 is 6.18 Å². The minimum atomic E-state index is -4.31. The lowest BCUT2D eigenvalue weighted by Crippen LogP contribution is -2.57. The molecular weight excluding hydrogens is 357 g/mol. The molecule has 3 fully saturated rings. The van der Waals surface area contributed by atoms with Crippen molar-refractivity contribution >= 4 is 11.8 Å². The molecule has 146 valence electrons. The van der Waals surface area contributed by atoms with Crippen LogP contribution < -0.4 is 5.32 Å². The third-order valence-corrected chi connectivity index (χ3v) is 6.37. The van der Waals surface area contributed by atoms with Crippen molar-refractivity contribution < 1.29 is 22.8 Å². The summed E-state index contributed by atoms with van der Waals surface area (Å²) >= 11 is 0. The number of amides is 2. The maximum Gasteiger partial charge on any atom is 0.416 e. The van der Waals surface area contributed by atoms with Gasteiger partial charge in [0.2, 0.25) is 11.8 Å². The number of benzene rings is 1. The van der Waals surface area contributed by atoms with Crippen molar-refractivity contribution in [3.05, 3.63) is 35.4 Å². The Morgan fingerprint density at radius 1 is 1.11 bits per heavy atom. The second-order valence-electron chi connectivity index (χ2n) is 8.15. The van der Waals surface area contributed by atoms with Crippen LogP contribution in [-0.4, -0.2) is 35.3 Å². The smallest absolute Gasteiger partial charge is 0.351 e. The second-order valence-corrected chi connectivity index (χ2v) is 8.15. The molecular formula is C20H23F3N2O2. The summed E-state index contributed by atoms with van der Waals surface area (Å²) in [6.07, 6.45) is 0.0719. The average Bonchev–Trinajstić information content (AvgIpc) is 3.02. The van der Waals surface area contributed by atoms with Gasteiger partial charge in [-0.2, -0.15) is 13.2 Å².